The van der Waals surface area contributed by atoms with Crippen molar-refractivity contribution in [1.29, 1.82) is 0 Å². The molecule has 9 heteroatoms. The van der Waals surface area contributed by atoms with E-state index in [0.29, 0.717) is 29.5 Å². The van der Waals surface area contributed by atoms with Crippen LogP contribution in [0, 0.1) is 5.92 Å². The summed E-state index contributed by atoms with van der Waals surface area (Å²) in [6.07, 6.45) is -1.08. The van der Waals surface area contributed by atoms with E-state index >= 15 is 0 Å². The van der Waals surface area contributed by atoms with Crippen LogP contribution in [0.15, 0.2) is 18.2 Å². The summed E-state index contributed by atoms with van der Waals surface area (Å²) in [5, 5.41) is 0.456. The van der Waals surface area contributed by atoms with E-state index in [1.54, 1.807) is 30.0 Å². The molecule has 0 N–H and O–H groups in total. The third-order valence-corrected chi connectivity index (χ3v) is 5.50. The number of morpholine rings is 1. The van der Waals surface area contributed by atoms with Gasteiger partial charge in [-0.15, -0.1) is 0 Å². The van der Waals surface area contributed by atoms with Gasteiger partial charge in [-0.3, -0.25) is 14.4 Å². The normalized spacial score (nSPS) is 25.2. The van der Waals surface area contributed by atoms with Crippen molar-refractivity contribution >= 4 is 35.1 Å². The summed E-state index contributed by atoms with van der Waals surface area (Å²) in [4.78, 5) is 41.0. The first-order chi connectivity index (χ1) is 14.2. The van der Waals surface area contributed by atoms with Crippen molar-refractivity contribution in [3.05, 3.63) is 23.2 Å². The van der Waals surface area contributed by atoms with Crippen LogP contribution >= 0.6 is 11.6 Å². The average molecular weight is 439 g/mol. The van der Waals surface area contributed by atoms with E-state index in [4.69, 9.17) is 25.8 Å². The van der Waals surface area contributed by atoms with Gasteiger partial charge in [0.1, 0.15) is 5.75 Å². The molecule has 2 aliphatic heterocycles. The molecule has 1 aromatic rings. The number of benzene rings is 1. The number of hydrogen-bond acceptors (Lipinski definition) is 6. The number of halogens is 1. The lowest BCUT2D eigenvalue weighted by molar-refractivity contribution is -0.166. The second-order valence-electron chi connectivity index (χ2n) is 7.80. The number of rotatable bonds is 5. The van der Waals surface area contributed by atoms with E-state index in [9.17, 15) is 14.4 Å². The number of ether oxygens (including phenoxy) is 3. The number of carbonyl (C=O) groups is 3. The zero-order valence-electron chi connectivity index (χ0n) is 17.6. The van der Waals surface area contributed by atoms with E-state index in [1.165, 1.54) is 12.0 Å². The van der Waals surface area contributed by atoms with Crippen LogP contribution in [-0.4, -0.2) is 67.7 Å². The smallest absolute Gasteiger partial charge is 0.312 e. The van der Waals surface area contributed by atoms with Gasteiger partial charge in [0.2, 0.25) is 5.91 Å². The van der Waals surface area contributed by atoms with E-state index in [2.05, 4.69) is 0 Å². The van der Waals surface area contributed by atoms with Gasteiger partial charge >= 0.3 is 5.97 Å². The number of nitrogens with zero attached hydrogens (tertiary/aromatic N) is 2. The zero-order valence-corrected chi connectivity index (χ0v) is 18.3. The molecule has 0 unspecified atom stereocenters. The molecule has 8 nitrogen and oxygen atoms in total. The Morgan fingerprint density at radius 1 is 1.20 bits per heavy atom. The van der Waals surface area contributed by atoms with E-state index in [1.807, 2.05) is 13.8 Å². The molecule has 4 atom stereocenters. The van der Waals surface area contributed by atoms with Crippen LogP contribution in [0.25, 0.3) is 0 Å². The second kappa shape index (κ2) is 9.22. The number of amides is 2. The van der Waals surface area contributed by atoms with Gasteiger partial charge in [0.05, 0.1) is 30.9 Å². The van der Waals surface area contributed by atoms with Crippen LogP contribution < -0.4 is 9.64 Å². The van der Waals surface area contributed by atoms with Gasteiger partial charge in [-0.25, -0.2) is 0 Å². The maximum Gasteiger partial charge on any atom is 0.312 e. The minimum Gasteiger partial charge on any atom is -0.495 e. The SMILES string of the molecule is COc1ccc(Cl)cc1N1C[C@H](C(=O)O[C@H](C)C(=O)N2C[C@H](C)O[C@@H](C)C2)CC1=O. The Kier molecular flexibility index (Phi) is 6.88. The molecule has 0 bridgehead atoms. The van der Waals surface area contributed by atoms with Crippen molar-refractivity contribution in [3.63, 3.8) is 0 Å². The molecule has 0 aromatic heterocycles. The Labute approximate surface area is 181 Å². The van der Waals surface area contributed by atoms with Crippen LogP contribution in [0.5, 0.6) is 5.75 Å². The first-order valence-corrected chi connectivity index (χ1v) is 10.4. The molecule has 2 aliphatic rings. The van der Waals surface area contributed by atoms with Crippen LogP contribution in [0.4, 0.5) is 5.69 Å². The van der Waals surface area contributed by atoms with Crippen molar-refractivity contribution in [2.75, 3.05) is 31.6 Å². The monoisotopic (exact) mass is 438 g/mol. The molecule has 0 spiro atoms. The van der Waals surface area contributed by atoms with Gasteiger partial charge < -0.3 is 24.0 Å². The molecule has 0 saturated carbocycles. The van der Waals surface area contributed by atoms with Crippen LogP contribution in [0.3, 0.4) is 0 Å². The fourth-order valence-corrected chi connectivity index (χ4v) is 4.07. The number of methoxy groups -OCH3 is 1. The fraction of sp³-hybridized carbons (Fsp3) is 0.571. The number of esters is 1. The zero-order chi connectivity index (χ0) is 22.0. The van der Waals surface area contributed by atoms with Gasteiger partial charge in [0.15, 0.2) is 6.10 Å². The van der Waals surface area contributed by atoms with Gasteiger partial charge in [-0.2, -0.15) is 0 Å². The first kappa shape index (κ1) is 22.4. The summed E-state index contributed by atoms with van der Waals surface area (Å²) in [5.41, 5.74) is 0.505. The summed E-state index contributed by atoms with van der Waals surface area (Å²) in [7, 11) is 1.50. The minimum atomic E-state index is -0.931. The van der Waals surface area contributed by atoms with Gasteiger partial charge in [0, 0.05) is 31.1 Å². The van der Waals surface area contributed by atoms with E-state index < -0.39 is 18.0 Å². The Balaban J connectivity index is 1.63. The molecule has 0 radical (unpaired) electrons. The lowest BCUT2D eigenvalue weighted by Gasteiger charge is -2.36. The van der Waals surface area contributed by atoms with Gasteiger partial charge in [-0.1, -0.05) is 11.6 Å². The number of carbonyl (C=O) groups excluding carboxylic acids is 3. The van der Waals surface area contributed by atoms with Crippen LogP contribution in [-0.2, 0) is 23.9 Å². The maximum absolute atomic E-state index is 12.7. The van der Waals surface area contributed by atoms with Crippen molar-refractivity contribution in [2.24, 2.45) is 5.92 Å². The molecule has 0 aliphatic carbocycles. The lowest BCUT2D eigenvalue weighted by atomic mass is 10.1. The summed E-state index contributed by atoms with van der Waals surface area (Å²) < 4.78 is 16.4. The highest BCUT2D eigenvalue weighted by Gasteiger charge is 2.39. The fourth-order valence-electron chi connectivity index (χ4n) is 3.91. The Bertz CT molecular complexity index is 822. The number of anilines is 1. The molecule has 164 valence electrons. The molecule has 1 aromatic carbocycles. The molecule has 2 saturated heterocycles. The largest absolute Gasteiger partial charge is 0.495 e. The lowest BCUT2D eigenvalue weighted by Crippen LogP contribution is -2.51. The molecule has 2 fully saturated rings. The summed E-state index contributed by atoms with van der Waals surface area (Å²) >= 11 is 6.06. The standard InChI is InChI=1S/C21H27ClN2O6/c1-12-9-23(10-13(2)29-12)20(26)14(3)30-21(27)15-7-19(25)24(11-15)17-8-16(22)5-6-18(17)28-4/h5-6,8,12-15H,7,9-11H2,1-4H3/t12-,13-,14+,15+/m0/s1. The third kappa shape index (κ3) is 4.87. The Morgan fingerprint density at radius 2 is 1.87 bits per heavy atom. The quantitative estimate of drug-likeness (QED) is 0.655. The summed E-state index contributed by atoms with van der Waals surface area (Å²) in [5.74, 6) is -1.24. The highest BCUT2D eigenvalue weighted by Crippen LogP contribution is 2.35. The van der Waals surface area contributed by atoms with Crippen LogP contribution in [0.2, 0.25) is 5.02 Å². The molecule has 2 heterocycles. The van der Waals surface area contributed by atoms with Crippen molar-refractivity contribution in [1.82, 2.24) is 4.90 Å². The highest BCUT2D eigenvalue weighted by molar-refractivity contribution is 6.31. The van der Waals surface area contributed by atoms with Crippen molar-refractivity contribution < 1.29 is 28.6 Å². The molecular formula is C21H27ClN2O6. The predicted octanol–water partition coefficient (Wildman–Crippen LogP) is 2.27. The Morgan fingerprint density at radius 3 is 2.50 bits per heavy atom. The van der Waals surface area contributed by atoms with Gasteiger partial charge in [0.25, 0.3) is 5.91 Å². The van der Waals surface area contributed by atoms with Gasteiger partial charge in [-0.05, 0) is 39.0 Å². The predicted molar refractivity (Wildman–Crippen MR) is 111 cm³/mol. The topological polar surface area (TPSA) is 85.4 Å². The maximum atomic E-state index is 12.7. The second-order valence-corrected chi connectivity index (χ2v) is 8.24. The number of hydrogen-bond donors (Lipinski definition) is 0. The van der Waals surface area contributed by atoms with Crippen molar-refractivity contribution in [3.8, 4) is 5.75 Å². The first-order valence-electron chi connectivity index (χ1n) is 9.98. The third-order valence-electron chi connectivity index (χ3n) is 5.26. The molecule has 30 heavy (non-hydrogen) atoms. The van der Waals surface area contributed by atoms with E-state index in [0.717, 1.165) is 0 Å². The average Bonchev–Trinajstić information content (AvgIpc) is 3.08. The highest BCUT2D eigenvalue weighted by atomic mass is 35.5. The summed E-state index contributed by atoms with van der Waals surface area (Å²) in [6.45, 7) is 6.40. The Hall–Kier alpha value is -2.32. The summed E-state index contributed by atoms with van der Waals surface area (Å²) in [6, 6.07) is 4.96. The minimum absolute atomic E-state index is 0.00103. The molecular weight excluding hydrogens is 412 g/mol. The van der Waals surface area contributed by atoms with Crippen LogP contribution in [0.1, 0.15) is 27.2 Å². The molecule has 2 amide bonds. The molecule has 3 rings (SSSR count). The van der Waals surface area contributed by atoms with E-state index in [-0.39, 0.29) is 37.0 Å². The van der Waals surface area contributed by atoms with Crippen molar-refractivity contribution in [2.45, 2.75) is 45.5 Å².